The number of nitrogens with zero attached hydrogens (tertiary/aromatic N) is 1. The second-order valence-electron chi connectivity index (χ2n) is 6.66. The molecule has 0 aliphatic rings. The molecule has 0 amide bonds. The number of hydrogen-bond acceptors (Lipinski definition) is 4. The predicted molar refractivity (Wildman–Crippen MR) is 107 cm³/mol. The quantitative estimate of drug-likeness (QED) is 0.268. The Labute approximate surface area is 157 Å². The van der Waals surface area contributed by atoms with Gasteiger partial charge in [0.15, 0.2) is 0 Å². The molecule has 1 N–H and O–H groups in total. The Morgan fingerprint density at radius 3 is 2.04 bits per heavy atom. The lowest BCUT2D eigenvalue weighted by atomic mass is 9.89. The van der Waals surface area contributed by atoms with Crippen molar-refractivity contribution in [2.45, 2.75) is 90.9 Å². The van der Waals surface area contributed by atoms with Crippen LogP contribution in [0.1, 0.15) is 90.9 Å². The maximum atomic E-state index is 10.7. The van der Waals surface area contributed by atoms with Crippen LogP contribution in [-0.4, -0.2) is 21.0 Å². The lowest BCUT2D eigenvalue weighted by Crippen LogP contribution is -2.23. The maximum Gasteiger partial charge on any atom is 0.303 e. The number of unbranched alkanes of at least 4 members (excludes halogenated alkanes) is 9. The van der Waals surface area contributed by atoms with Crippen LogP contribution in [0, 0.1) is 16.7 Å². The van der Waals surface area contributed by atoms with E-state index in [4.69, 9.17) is 17.3 Å². The number of hydrogen-bond donors (Lipinski definition) is 1. The van der Waals surface area contributed by atoms with Crippen molar-refractivity contribution in [1.82, 2.24) is 0 Å². The lowest BCUT2D eigenvalue weighted by Gasteiger charge is -2.21. The van der Waals surface area contributed by atoms with Gasteiger partial charge in [0, 0.05) is 6.42 Å². The molecule has 0 aliphatic carbocycles. The first-order valence-electron chi connectivity index (χ1n) is 9.26. The molecule has 5 heteroatoms. The Morgan fingerprint density at radius 1 is 1.08 bits per heavy atom. The highest BCUT2D eigenvalue weighted by Crippen LogP contribution is 2.31. The van der Waals surface area contributed by atoms with E-state index in [1.54, 1.807) is 18.7 Å². The summed E-state index contributed by atoms with van der Waals surface area (Å²) in [5, 5.41) is 18.1. The molecule has 0 aromatic heterocycles. The van der Waals surface area contributed by atoms with Gasteiger partial charge in [-0.3, -0.25) is 4.79 Å². The molecule has 0 rings (SSSR count). The van der Waals surface area contributed by atoms with Crippen molar-refractivity contribution in [2.75, 3.05) is 5.75 Å². The van der Waals surface area contributed by atoms with E-state index in [1.807, 2.05) is 0 Å². The average molecular weight is 372 g/mol. The van der Waals surface area contributed by atoms with E-state index < -0.39 is 11.4 Å². The van der Waals surface area contributed by atoms with Gasteiger partial charge < -0.3 is 5.11 Å². The summed E-state index contributed by atoms with van der Waals surface area (Å²) in [5.74, 6) is 0.0543. The fourth-order valence-corrected chi connectivity index (χ4v) is 3.87. The third-order valence-corrected chi connectivity index (χ3v) is 6.28. The summed E-state index contributed by atoms with van der Waals surface area (Å²) in [7, 11) is 0. The van der Waals surface area contributed by atoms with Crippen LogP contribution in [0.2, 0.25) is 0 Å². The van der Waals surface area contributed by atoms with E-state index in [9.17, 15) is 10.1 Å². The lowest BCUT2D eigenvalue weighted by molar-refractivity contribution is -0.137. The molecule has 1 unspecified atom stereocenters. The number of aliphatic carboxylic acids is 1. The average Bonchev–Trinajstić information content (AvgIpc) is 2.57. The summed E-state index contributed by atoms with van der Waals surface area (Å²) in [6, 6.07) is 2.20. The van der Waals surface area contributed by atoms with Gasteiger partial charge in [0.1, 0.15) is 0 Å². The third-order valence-electron chi connectivity index (χ3n) is 4.27. The van der Waals surface area contributed by atoms with Crippen molar-refractivity contribution >= 4 is 34.1 Å². The number of carboxylic acid groups (broad SMARTS) is 1. The van der Waals surface area contributed by atoms with Crippen LogP contribution in [0.15, 0.2) is 0 Å². The highest BCUT2D eigenvalue weighted by atomic mass is 32.2. The monoisotopic (exact) mass is 371 g/mol. The summed E-state index contributed by atoms with van der Waals surface area (Å²) in [6.07, 6.45) is 13.3. The SMILES string of the molecule is CCCCCCCCCCCCSC(=S)C(C)(C#N)CCC(=O)O. The summed E-state index contributed by atoms with van der Waals surface area (Å²) in [4.78, 5) is 10.7. The third kappa shape index (κ3) is 11.9. The molecule has 0 aliphatic heterocycles. The van der Waals surface area contributed by atoms with E-state index in [0.29, 0.717) is 10.6 Å². The smallest absolute Gasteiger partial charge is 0.303 e. The molecule has 0 saturated carbocycles. The second-order valence-corrected chi connectivity index (χ2v) is 8.43. The molecule has 0 bridgehead atoms. The Bertz CT molecular complexity index is 407. The molecule has 3 nitrogen and oxygen atoms in total. The molecule has 0 aromatic carbocycles. The van der Waals surface area contributed by atoms with Crippen molar-refractivity contribution in [3.8, 4) is 6.07 Å². The zero-order valence-electron chi connectivity index (χ0n) is 15.3. The zero-order chi connectivity index (χ0) is 18.3. The summed E-state index contributed by atoms with van der Waals surface area (Å²) < 4.78 is 0.641. The highest BCUT2D eigenvalue weighted by Gasteiger charge is 2.30. The van der Waals surface area contributed by atoms with Gasteiger partial charge in [-0.2, -0.15) is 5.26 Å². The number of carboxylic acids is 1. The van der Waals surface area contributed by atoms with Gasteiger partial charge in [-0.15, -0.1) is 11.8 Å². The fraction of sp³-hybridized carbons (Fsp3) is 0.842. The Hall–Kier alpha value is -0.600. The molecule has 24 heavy (non-hydrogen) atoms. The number of rotatable bonds is 15. The van der Waals surface area contributed by atoms with E-state index >= 15 is 0 Å². The maximum absolute atomic E-state index is 10.7. The van der Waals surface area contributed by atoms with Crippen molar-refractivity contribution in [2.24, 2.45) is 5.41 Å². The molecule has 0 fully saturated rings. The largest absolute Gasteiger partial charge is 0.481 e. The summed E-state index contributed by atoms with van der Waals surface area (Å²) >= 11 is 6.91. The van der Waals surface area contributed by atoms with Gasteiger partial charge >= 0.3 is 5.97 Å². The summed E-state index contributed by atoms with van der Waals surface area (Å²) in [6.45, 7) is 4.00. The number of carbonyl (C=O) groups is 1. The van der Waals surface area contributed by atoms with Crippen LogP contribution >= 0.6 is 24.0 Å². The Balaban J connectivity index is 3.67. The van der Waals surface area contributed by atoms with Crippen molar-refractivity contribution in [1.29, 1.82) is 5.26 Å². The first kappa shape index (κ1) is 23.4. The Morgan fingerprint density at radius 2 is 1.58 bits per heavy atom. The van der Waals surface area contributed by atoms with Crippen molar-refractivity contribution in [3.63, 3.8) is 0 Å². The van der Waals surface area contributed by atoms with Crippen molar-refractivity contribution < 1.29 is 9.90 Å². The minimum atomic E-state index is -0.876. The molecule has 0 saturated heterocycles. The Kier molecular flexibility index (Phi) is 14.4. The van der Waals surface area contributed by atoms with Crippen LogP contribution in [0.5, 0.6) is 0 Å². The van der Waals surface area contributed by atoms with Gasteiger partial charge in [0.05, 0.1) is 15.7 Å². The minimum Gasteiger partial charge on any atom is -0.481 e. The first-order valence-corrected chi connectivity index (χ1v) is 10.7. The predicted octanol–water partition coefficient (Wildman–Crippen LogP) is 6.36. The number of nitriles is 1. The molecular weight excluding hydrogens is 338 g/mol. The molecule has 138 valence electrons. The van der Waals surface area contributed by atoms with Crippen LogP contribution < -0.4 is 0 Å². The van der Waals surface area contributed by atoms with Gasteiger partial charge in [-0.25, -0.2) is 0 Å². The molecule has 1 atom stereocenters. The van der Waals surface area contributed by atoms with E-state index in [2.05, 4.69) is 13.0 Å². The van der Waals surface area contributed by atoms with Gasteiger partial charge in [0.25, 0.3) is 0 Å². The van der Waals surface area contributed by atoms with Gasteiger partial charge in [0.2, 0.25) is 0 Å². The normalized spacial score (nSPS) is 13.2. The molecule has 0 radical (unpaired) electrons. The van der Waals surface area contributed by atoms with E-state index in [-0.39, 0.29) is 6.42 Å². The molecule has 0 heterocycles. The van der Waals surface area contributed by atoms with Crippen LogP contribution in [0.4, 0.5) is 0 Å². The molecule has 0 aromatic rings. The molecular formula is C19H33NO2S2. The fourth-order valence-electron chi connectivity index (χ4n) is 2.47. The van der Waals surface area contributed by atoms with E-state index in [1.165, 1.54) is 57.8 Å². The highest BCUT2D eigenvalue weighted by molar-refractivity contribution is 8.23. The minimum absolute atomic E-state index is 0.0109. The van der Waals surface area contributed by atoms with E-state index in [0.717, 1.165) is 12.2 Å². The van der Waals surface area contributed by atoms with Crippen LogP contribution in [0.25, 0.3) is 0 Å². The topological polar surface area (TPSA) is 61.1 Å². The van der Waals surface area contributed by atoms with Gasteiger partial charge in [-0.05, 0) is 25.5 Å². The molecule has 0 spiro atoms. The van der Waals surface area contributed by atoms with Gasteiger partial charge in [-0.1, -0.05) is 76.9 Å². The zero-order valence-corrected chi connectivity index (χ0v) is 16.9. The number of thiocarbonyl (C=S) groups is 1. The van der Waals surface area contributed by atoms with Crippen LogP contribution in [-0.2, 0) is 4.79 Å². The first-order chi connectivity index (χ1) is 11.5. The standard InChI is InChI=1S/C19H33NO2S2/c1-3-4-5-6-7-8-9-10-11-12-15-24-18(23)19(2,16-20)14-13-17(21)22/h3-15H2,1-2H3,(H,21,22). The summed E-state index contributed by atoms with van der Waals surface area (Å²) in [5.41, 5.74) is -0.809. The van der Waals surface area contributed by atoms with Crippen LogP contribution in [0.3, 0.4) is 0 Å². The number of thioether (sulfide) groups is 1. The second kappa shape index (κ2) is 14.7. The van der Waals surface area contributed by atoms with Crippen molar-refractivity contribution in [3.05, 3.63) is 0 Å².